The van der Waals surface area contributed by atoms with E-state index in [0.717, 1.165) is 5.56 Å². The van der Waals surface area contributed by atoms with E-state index in [9.17, 15) is 9.90 Å². The van der Waals surface area contributed by atoms with Crippen molar-refractivity contribution in [3.63, 3.8) is 0 Å². The summed E-state index contributed by atoms with van der Waals surface area (Å²) in [5, 5.41) is 13.4. The van der Waals surface area contributed by atoms with E-state index < -0.39 is 0 Å². The number of fused-ring (bicyclic) bond motifs is 1. The number of thiocarbonyl (C=S) groups is 1. The molecule has 4 nitrogen and oxygen atoms in total. The molecule has 0 saturated heterocycles. The van der Waals surface area contributed by atoms with Crippen molar-refractivity contribution in [2.75, 3.05) is 0 Å². The molecule has 0 aromatic heterocycles. The summed E-state index contributed by atoms with van der Waals surface area (Å²) in [6, 6.07) is 16.7. The highest BCUT2D eigenvalue weighted by Gasteiger charge is 2.27. The first-order chi connectivity index (χ1) is 11.2. The van der Waals surface area contributed by atoms with E-state index in [-0.39, 0.29) is 22.2 Å². The molecule has 0 aliphatic heterocycles. The SMILES string of the molecule is O=C1C(C=NC(=S)NCc2ccccc2)=C(O)c2ccccc21. The molecule has 0 heterocycles. The molecule has 0 unspecified atom stereocenters. The van der Waals surface area contributed by atoms with Crippen LogP contribution < -0.4 is 5.32 Å². The quantitative estimate of drug-likeness (QED) is 0.672. The van der Waals surface area contributed by atoms with Crippen molar-refractivity contribution in [1.29, 1.82) is 0 Å². The molecule has 0 radical (unpaired) electrons. The first-order valence-electron chi connectivity index (χ1n) is 7.10. The summed E-state index contributed by atoms with van der Waals surface area (Å²) >= 11 is 5.13. The van der Waals surface area contributed by atoms with E-state index in [2.05, 4.69) is 10.3 Å². The number of carbonyl (C=O) groups is 1. The third-order valence-corrected chi connectivity index (χ3v) is 3.77. The Labute approximate surface area is 139 Å². The van der Waals surface area contributed by atoms with E-state index in [0.29, 0.717) is 17.7 Å². The van der Waals surface area contributed by atoms with Gasteiger partial charge in [0.05, 0.1) is 5.57 Å². The Balaban J connectivity index is 1.68. The zero-order valence-corrected chi connectivity index (χ0v) is 13.0. The van der Waals surface area contributed by atoms with Crippen LogP contribution in [0.1, 0.15) is 21.5 Å². The minimum Gasteiger partial charge on any atom is -0.506 e. The highest BCUT2D eigenvalue weighted by molar-refractivity contribution is 7.80. The smallest absolute Gasteiger partial charge is 0.199 e. The summed E-state index contributed by atoms with van der Waals surface area (Å²) in [5.74, 6) is -0.298. The average Bonchev–Trinajstić information content (AvgIpc) is 2.83. The van der Waals surface area contributed by atoms with Gasteiger partial charge >= 0.3 is 0 Å². The zero-order valence-electron chi connectivity index (χ0n) is 12.2. The number of hydrogen-bond donors (Lipinski definition) is 2. The van der Waals surface area contributed by atoms with Crippen molar-refractivity contribution in [3.05, 3.63) is 76.9 Å². The fourth-order valence-electron chi connectivity index (χ4n) is 2.35. The van der Waals surface area contributed by atoms with Gasteiger partial charge in [0.25, 0.3) is 0 Å². The van der Waals surface area contributed by atoms with Crippen LogP contribution in [0.4, 0.5) is 0 Å². The van der Waals surface area contributed by atoms with Crippen LogP contribution >= 0.6 is 12.2 Å². The van der Waals surface area contributed by atoms with Crippen molar-refractivity contribution in [2.24, 2.45) is 4.99 Å². The Bertz CT molecular complexity index is 826. The molecule has 0 bridgehead atoms. The Hall–Kier alpha value is -2.79. The largest absolute Gasteiger partial charge is 0.506 e. The topological polar surface area (TPSA) is 61.7 Å². The van der Waals surface area contributed by atoms with Crippen molar-refractivity contribution in [3.8, 4) is 0 Å². The Morgan fingerprint density at radius 3 is 2.43 bits per heavy atom. The number of Topliss-reactive ketones (excluding diaryl/α,β-unsaturated/α-hetero) is 1. The van der Waals surface area contributed by atoms with Gasteiger partial charge in [-0.15, -0.1) is 0 Å². The van der Waals surface area contributed by atoms with Crippen molar-refractivity contribution in [2.45, 2.75) is 6.54 Å². The fraction of sp³-hybridized carbons (Fsp3) is 0.0556. The molecular formula is C18H14N2O2S. The molecule has 0 amide bonds. The van der Waals surface area contributed by atoms with Gasteiger partial charge in [-0.1, -0.05) is 54.6 Å². The Kier molecular flexibility index (Phi) is 4.30. The number of hydrogen-bond acceptors (Lipinski definition) is 3. The van der Waals surface area contributed by atoms with Crippen LogP contribution in [0.15, 0.2) is 65.2 Å². The maximum atomic E-state index is 12.2. The minimum absolute atomic E-state index is 0.0554. The molecule has 2 N–H and O–H groups in total. The third kappa shape index (κ3) is 3.19. The number of aliphatic hydroxyl groups is 1. The van der Waals surface area contributed by atoms with E-state index in [1.807, 2.05) is 30.3 Å². The summed E-state index contributed by atoms with van der Waals surface area (Å²) in [7, 11) is 0. The van der Waals surface area contributed by atoms with Crippen LogP contribution in [-0.2, 0) is 6.54 Å². The number of rotatable bonds is 3. The highest BCUT2D eigenvalue weighted by Crippen LogP contribution is 2.29. The van der Waals surface area contributed by atoms with Crippen LogP contribution in [0.25, 0.3) is 5.76 Å². The average molecular weight is 322 g/mol. The Morgan fingerprint density at radius 2 is 1.74 bits per heavy atom. The second-order valence-electron chi connectivity index (χ2n) is 5.04. The highest BCUT2D eigenvalue weighted by atomic mass is 32.1. The summed E-state index contributed by atoms with van der Waals surface area (Å²) in [6.07, 6.45) is 1.32. The summed E-state index contributed by atoms with van der Waals surface area (Å²) in [4.78, 5) is 16.3. The van der Waals surface area contributed by atoms with Gasteiger partial charge in [0.15, 0.2) is 10.9 Å². The molecule has 1 aliphatic carbocycles. The first kappa shape index (κ1) is 15.1. The van der Waals surface area contributed by atoms with E-state index >= 15 is 0 Å². The van der Waals surface area contributed by atoms with Gasteiger partial charge < -0.3 is 10.4 Å². The number of aliphatic imine (C=N–C) groups is 1. The molecule has 1 aliphatic rings. The molecular weight excluding hydrogens is 308 g/mol. The van der Waals surface area contributed by atoms with Gasteiger partial charge in [-0.25, -0.2) is 4.99 Å². The summed E-state index contributed by atoms with van der Waals surface area (Å²) in [6.45, 7) is 0.552. The molecule has 5 heteroatoms. The van der Waals surface area contributed by atoms with Crippen LogP contribution in [0.3, 0.4) is 0 Å². The van der Waals surface area contributed by atoms with E-state index in [1.54, 1.807) is 24.3 Å². The third-order valence-electron chi connectivity index (χ3n) is 3.52. The second kappa shape index (κ2) is 6.54. The number of nitrogens with zero attached hydrogens (tertiary/aromatic N) is 1. The van der Waals surface area contributed by atoms with Gasteiger partial charge in [0, 0.05) is 23.9 Å². The lowest BCUT2D eigenvalue weighted by Gasteiger charge is -2.03. The first-order valence-corrected chi connectivity index (χ1v) is 7.51. The molecule has 3 rings (SSSR count). The standard InChI is InChI=1S/C18H14N2O2S/c21-16-13-8-4-5-9-14(13)17(22)15(16)11-20-18(23)19-10-12-6-2-1-3-7-12/h1-9,11,21H,10H2,(H,19,23). The van der Waals surface area contributed by atoms with Crippen LogP contribution in [0.5, 0.6) is 0 Å². The molecule has 23 heavy (non-hydrogen) atoms. The maximum Gasteiger partial charge on any atom is 0.199 e. The maximum absolute atomic E-state index is 12.2. The number of aliphatic hydroxyl groups excluding tert-OH is 1. The van der Waals surface area contributed by atoms with E-state index in [1.165, 1.54) is 6.21 Å². The minimum atomic E-state index is -0.243. The predicted molar refractivity (Wildman–Crippen MR) is 94.7 cm³/mol. The van der Waals surface area contributed by atoms with Crippen molar-refractivity contribution in [1.82, 2.24) is 5.32 Å². The van der Waals surface area contributed by atoms with Gasteiger partial charge in [-0.2, -0.15) is 0 Å². The fourth-order valence-corrected chi connectivity index (χ4v) is 2.47. The lowest BCUT2D eigenvalue weighted by Crippen LogP contribution is -2.19. The van der Waals surface area contributed by atoms with Gasteiger partial charge in [0.1, 0.15) is 5.76 Å². The lowest BCUT2D eigenvalue weighted by molar-refractivity contribution is 0.104. The molecule has 0 saturated carbocycles. The van der Waals surface area contributed by atoms with Crippen molar-refractivity contribution >= 4 is 35.1 Å². The number of allylic oxidation sites excluding steroid dienone is 1. The van der Waals surface area contributed by atoms with Crippen molar-refractivity contribution < 1.29 is 9.90 Å². The van der Waals surface area contributed by atoms with Gasteiger partial charge in [0.2, 0.25) is 0 Å². The van der Waals surface area contributed by atoms with Crippen LogP contribution in [0, 0.1) is 0 Å². The zero-order chi connectivity index (χ0) is 16.2. The van der Waals surface area contributed by atoms with E-state index in [4.69, 9.17) is 12.2 Å². The molecule has 2 aromatic carbocycles. The molecule has 2 aromatic rings. The molecule has 0 atom stereocenters. The number of carbonyl (C=O) groups excluding carboxylic acids is 1. The van der Waals surface area contributed by atoms with Crippen LogP contribution in [-0.4, -0.2) is 22.2 Å². The number of ketones is 1. The Morgan fingerprint density at radius 1 is 1.09 bits per heavy atom. The molecule has 0 spiro atoms. The van der Waals surface area contributed by atoms with Crippen LogP contribution in [0.2, 0.25) is 0 Å². The number of nitrogens with one attached hydrogen (secondary N) is 1. The lowest BCUT2D eigenvalue weighted by atomic mass is 10.1. The molecule has 0 fully saturated rings. The second-order valence-corrected chi connectivity index (χ2v) is 5.43. The molecule has 114 valence electrons. The normalized spacial score (nSPS) is 13.5. The summed E-state index contributed by atoms with van der Waals surface area (Å²) < 4.78 is 0. The summed E-state index contributed by atoms with van der Waals surface area (Å²) in [5.41, 5.74) is 2.25. The van der Waals surface area contributed by atoms with Gasteiger partial charge in [-0.05, 0) is 17.8 Å². The number of benzene rings is 2. The monoisotopic (exact) mass is 322 g/mol. The predicted octanol–water partition coefficient (Wildman–Crippen LogP) is 3.30. The van der Waals surface area contributed by atoms with Gasteiger partial charge in [-0.3, -0.25) is 4.79 Å².